The Bertz CT molecular complexity index is 1460. The monoisotopic (exact) mass is 560 g/mol. The number of sulfonamides is 1. The Morgan fingerprint density at radius 1 is 0.974 bits per heavy atom. The molecule has 0 aliphatic carbocycles. The van der Waals surface area contributed by atoms with Gasteiger partial charge in [0.15, 0.2) is 0 Å². The van der Waals surface area contributed by atoms with Crippen LogP contribution in [0.2, 0.25) is 5.02 Å². The first-order chi connectivity index (χ1) is 17.9. The van der Waals surface area contributed by atoms with Gasteiger partial charge in [0.05, 0.1) is 17.3 Å². The van der Waals surface area contributed by atoms with Gasteiger partial charge in [0.1, 0.15) is 10.7 Å². The molecule has 0 spiro atoms. The number of unbranched alkanes of at least 4 members (excludes halogenated alkanes) is 1. The average Bonchev–Trinajstić information content (AvgIpc) is 3.32. The van der Waals surface area contributed by atoms with E-state index in [1.165, 1.54) is 18.2 Å². The van der Waals surface area contributed by atoms with Gasteiger partial charge in [-0.1, -0.05) is 79.5 Å². The minimum Gasteiger partial charge on any atom is -0.448 e. The molecule has 1 aromatic heterocycles. The zero-order valence-corrected chi connectivity index (χ0v) is 25.0. The summed E-state index contributed by atoms with van der Waals surface area (Å²) in [5.74, 6) is 1.01. The first-order valence-electron chi connectivity index (χ1n) is 12.0. The van der Waals surface area contributed by atoms with Crippen LogP contribution in [-0.2, 0) is 27.6 Å². The zero-order valence-electron chi connectivity index (χ0n) is 21.4. The van der Waals surface area contributed by atoms with E-state index >= 15 is 0 Å². The standard InChI is InChI=1S/C28H28ClN3O4S.Na/c1-2-3-13-27-30-25(22-9-5-4-6-10-22)20-32(27)23-16-14-21(15-17-23)18-19-36-28(33)31-37(34,35)26-12-8-7-11-24(26)29;/h4-12,14-17,20H,2-3,13,18-19H2,1H3,(H,31,33);. The largest absolute Gasteiger partial charge is 0.448 e. The van der Waals surface area contributed by atoms with Gasteiger partial charge >= 0.3 is 6.09 Å². The van der Waals surface area contributed by atoms with Gasteiger partial charge in [-0.3, -0.25) is 0 Å². The average molecular weight is 561 g/mol. The van der Waals surface area contributed by atoms with E-state index in [1.807, 2.05) is 47.2 Å². The predicted octanol–water partition coefficient (Wildman–Crippen LogP) is 5.81. The first kappa shape index (κ1) is 29.9. The molecule has 3 aromatic carbocycles. The summed E-state index contributed by atoms with van der Waals surface area (Å²) in [5, 5.41) is 0.0227. The van der Waals surface area contributed by atoms with Crippen molar-refractivity contribution in [3.05, 3.63) is 101 Å². The van der Waals surface area contributed by atoms with Crippen molar-refractivity contribution in [2.45, 2.75) is 37.5 Å². The number of carbonyl (C=O) groups excluding carboxylic acids is 1. The van der Waals surface area contributed by atoms with Gasteiger partial charge in [-0.25, -0.2) is 22.9 Å². The molecule has 0 aliphatic rings. The number of aromatic nitrogens is 2. The number of nitrogens with one attached hydrogen (secondary N) is 1. The van der Waals surface area contributed by atoms with Gasteiger partial charge in [-0.15, -0.1) is 0 Å². The summed E-state index contributed by atoms with van der Waals surface area (Å²) in [6.45, 7) is 2.18. The number of imidazole rings is 1. The van der Waals surface area contributed by atoms with Crippen LogP contribution >= 0.6 is 11.6 Å². The Labute approximate surface area is 250 Å². The van der Waals surface area contributed by atoms with E-state index in [4.69, 9.17) is 21.3 Å². The number of hydrogen-bond donors (Lipinski definition) is 1. The van der Waals surface area contributed by atoms with Crippen LogP contribution in [0.5, 0.6) is 0 Å². The third-order valence-corrected chi connectivity index (χ3v) is 7.60. The molecule has 4 aromatic rings. The van der Waals surface area contributed by atoms with Crippen molar-refractivity contribution >= 4 is 57.3 Å². The molecule has 1 amide bonds. The van der Waals surface area contributed by atoms with Crippen molar-refractivity contribution < 1.29 is 17.9 Å². The number of benzene rings is 3. The van der Waals surface area contributed by atoms with E-state index in [-0.39, 0.29) is 46.1 Å². The van der Waals surface area contributed by atoms with Crippen molar-refractivity contribution in [3.8, 4) is 16.9 Å². The number of ether oxygens (including phenoxy) is 1. The Morgan fingerprint density at radius 3 is 2.34 bits per heavy atom. The molecule has 10 heteroatoms. The fourth-order valence-corrected chi connectivity index (χ4v) is 5.25. The molecule has 0 saturated carbocycles. The summed E-state index contributed by atoms with van der Waals surface area (Å²) in [4.78, 5) is 16.8. The first-order valence-corrected chi connectivity index (χ1v) is 13.9. The zero-order chi connectivity index (χ0) is 26.3. The Hall–Kier alpha value is -2.62. The maximum Gasteiger partial charge on any atom is 0.421 e. The van der Waals surface area contributed by atoms with Crippen LogP contribution in [0.4, 0.5) is 4.79 Å². The minimum atomic E-state index is -4.12. The molecular formula is C28H28ClN3NaO4S. The van der Waals surface area contributed by atoms with Crippen molar-refractivity contribution in [2.24, 2.45) is 0 Å². The number of carbonyl (C=O) groups is 1. The number of amides is 1. The molecule has 0 fully saturated rings. The van der Waals surface area contributed by atoms with Crippen LogP contribution in [0.15, 0.2) is 90.0 Å². The summed E-state index contributed by atoms with van der Waals surface area (Å²) in [6.07, 6.45) is 4.45. The Morgan fingerprint density at radius 2 is 1.66 bits per heavy atom. The topological polar surface area (TPSA) is 90.3 Å². The normalized spacial score (nSPS) is 11.0. The maximum absolute atomic E-state index is 12.4. The van der Waals surface area contributed by atoms with Crippen molar-refractivity contribution in [2.75, 3.05) is 6.61 Å². The maximum atomic E-state index is 12.4. The van der Waals surface area contributed by atoms with E-state index in [0.29, 0.717) is 6.42 Å². The van der Waals surface area contributed by atoms with E-state index in [9.17, 15) is 13.2 Å². The van der Waals surface area contributed by atoms with E-state index in [0.717, 1.165) is 47.6 Å². The molecule has 0 unspecified atom stereocenters. The molecule has 1 radical (unpaired) electrons. The van der Waals surface area contributed by atoms with E-state index in [2.05, 4.69) is 29.8 Å². The summed E-state index contributed by atoms with van der Waals surface area (Å²) in [5.41, 5.74) is 3.95. The summed E-state index contributed by atoms with van der Waals surface area (Å²) in [7, 11) is -4.12. The molecule has 0 bridgehead atoms. The molecule has 0 atom stereocenters. The predicted molar refractivity (Wildman–Crippen MR) is 150 cm³/mol. The quantitative estimate of drug-likeness (QED) is 0.247. The van der Waals surface area contributed by atoms with E-state index in [1.54, 1.807) is 6.07 Å². The number of hydrogen-bond acceptors (Lipinski definition) is 5. The van der Waals surface area contributed by atoms with Gasteiger partial charge in [0, 0.05) is 59.8 Å². The van der Waals surface area contributed by atoms with Gasteiger partial charge in [0.2, 0.25) is 0 Å². The van der Waals surface area contributed by atoms with Gasteiger partial charge in [-0.2, -0.15) is 0 Å². The van der Waals surface area contributed by atoms with Crippen LogP contribution in [0.1, 0.15) is 31.2 Å². The second-order valence-electron chi connectivity index (χ2n) is 8.47. The summed E-state index contributed by atoms with van der Waals surface area (Å²) >= 11 is 5.92. The fraction of sp³-hybridized carbons (Fsp3) is 0.214. The van der Waals surface area contributed by atoms with Crippen molar-refractivity contribution in [3.63, 3.8) is 0 Å². The summed E-state index contributed by atoms with van der Waals surface area (Å²) < 4.78 is 33.8. The number of rotatable bonds is 10. The smallest absolute Gasteiger partial charge is 0.421 e. The number of nitrogens with zero attached hydrogens (tertiary/aromatic N) is 2. The van der Waals surface area contributed by atoms with Crippen molar-refractivity contribution in [1.82, 2.24) is 14.3 Å². The van der Waals surface area contributed by atoms with Gasteiger partial charge in [-0.05, 0) is 36.2 Å². The van der Waals surface area contributed by atoms with Crippen LogP contribution in [0, 0.1) is 0 Å². The second-order valence-corrected chi connectivity index (χ2v) is 10.5. The third kappa shape index (κ3) is 7.71. The van der Waals surface area contributed by atoms with Gasteiger partial charge in [0.25, 0.3) is 10.0 Å². The molecule has 0 saturated heterocycles. The van der Waals surface area contributed by atoms with Crippen LogP contribution in [-0.4, -0.2) is 60.2 Å². The third-order valence-electron chi connectivity index (χ3n) is 5.78. The fourth-order valence-electron chi connectivity index (χ4n) is 3.84. The molecule has 1 N–H and O–H groups in total. The molecule has 1 heterocycles. The van der Waals surface area contributed by atoms with E-state index < -0.39 is 16.1 Å². The Balaban J connectivity index is 0.00000400. The molecular weight excluding hydrogens is 533 g/mol. The minimum absolute atomic E-state index is 0. The number of aryl methyl sites for hydroxylation is 1. The van der Waals surface area contributed by atoms with Crippen LogP contribution < -0.4 is 4.72 Å². The molecule has 7 nitrogen and oxygen atoms in total. The van der Waals surface area contributed by atoms with Gasteiger partial charge < -0.3 is 9.30 Å². The second kappa shape index (κ2) is 14.0. The molecule has 0 aliphatic heterocycles. The van der Waals surface area contributed by atoms with Crippen molar-refractivity contribution in [1.29, 1.82) is 0 Å². The summed E-state index contributed by atoms with van der Waals surface area (Å²) in [6, 6.07) is 23.9. The van der Waals surface area contributed by atoms with Crippen LogP contribution in [0.25, 0.3) is 16.9 Å². The molecule has 4 rings (SSSR count). The Kier molecular flexibility index (Phi) is 11.0. The van der Waals surface area contributed by atoms with Crippen LogP contribution in [0.3, 0.4) is 0 Å². The molecule has 193 valence electrons. The molecule has 38 heavy (non-hydrogen) atoms. The number of halogens is 1. The SMILES string of the molecule is CCCCc1nc(-c2ccccc2)cn1-c1ccc(CCOC(=O)NS(=O)(=O)c2ccccc2Cl)cc1.[Na].